The third kappa shape index (κ3) is 3.48. The minimum Gasteiger partial charge on any atom is -0.508 e. The lowest BCUT2D eigenvalue weighted by atomic mass is 10.1. The summed E-state index contributed by atoms with van der Waals surface area (Å²) in [4.78, 5) is 11.8. The van der Waals surface area contributed by atoms with E-state index in [9.17, 15) is 9.90 Å². The van der Waals surface area contributed by atoms with Crippen LogP contribution in [0.2, 0.25) is 0 Å². The van der Waals surface area contributed by atoms with Crippen LogP contribution in [0.4, 0.5) is 0 Å². The summed E-state index contributed by atoms with van der Waals surface area (Å²) >= 11 is 3.13. The number of furan rings is 1. The zero-order chi connectivity index (χ0) is 14.5. The van der Waals surface area contributed by atoms with Crippen LogP contribution in [0.1, 0.15) is 29.5 Å². The van der Waals surface area contributed by atoms with Gasteiger partial charge in [-0.1, -0.05) is 6.92 Å². The van der Waals surface area contributed by atoms with Gasteiger partial charge in [0.05, 0.1) is 5.71 Å². The highest BCUT2D eigenvalue weighted by molar-refractivity contribution is 9.10. The number of benzene rings is 1. The van der Waals surface area contributed by atoms with E-state index >= 15 is 0 Å². The first-order valence-corrected chi connectivity index (χ1v) is 6.81. The summed E-state index contributed by atoms with van der Waals surface area (Å²) in [5, 5.41) is 13.3. The molecule has 20 heavy (non-hydrogen) atoms. The van der Waals surface area contributed by atoms with Gasteiger partial charge in [-0.15, -0.1) is 0 Å². The Morgan fingerprint density at radius 2 is 2.00 bits per heavy atom. The summed E-state index contributed by atoms with van der Waals surface area (Å²) in [6.07, 6.45) is 0.646. The number of hydrogen-bond donors (Lipinski definition) is 2. The van der Waals surface area contributed by atoms with Crippen molar-refractivity contribution in [2.75, 3.05) is 0 Å². The first kappa shape index (κ1) is 14.3. The zero-order valence-corrected chi connectivity index (χ0v) is 12.3. The van der Waals surface area contributed by atoms with Crippen LogP contribution >= 0.6 is 15.9 Å². The number of nitrogens with zero attached hydrogens (tertiary/aromatic N) is 1. The fourth-order valence-corrected chi connectivity index (χ4v) is 1.92. The molecular formula is C14H13BrN2O3. The van der Waals surface area contributed by atoms with Crippen molar-refractivity contribution >= 4 is 27.5 Å². The van der Waals surface area contributed by atoms with Crippen LogP contribution in [0.25, 0.3) is 0 Å². The number of hydrogen-bond acceptors (Lipinski definition) is 4. The van der Waals surface area contributed by atoms with E-state index in [0.717, 1.165) is 5.56 Å². The van der Waals surface area contributed by atoms with Crippen molar-refractivity contribution in [2.24, 2.45) is 5.10 Å². The van der Waals surface area contributed by atoms with Gasteiger partial charge in [0, 0.05) is 0 Å². The maximum atomic E-state index is 11.8. The summed E-state index contributed by atoms with van der Waals surface area (Å²) in [7, 11) is 0. The Morgan fingerprint density at radius 1 is 1.30 bits per heavy atom. The van der Waals surface area contributed by atoms with Crippen molar-refractivity contribution < 1.29 is 14.3 Å². The summed E-state index contributed by atoms with van der Waals surface area (Å²) in [5.41, 5.74) is 4.00. The largest absolute Gasteiger partial charge is 0.508 e. The summed E-state index contributed by atoms with van der Waals surface area (Å²) in [6.45, 7) is 1.93. The van der Waals surface area contributed by atoms with Gasteiger partial charge in [0.25, 0.3) is 0 Å². The predicted octanol–water partition coefficient (Wildman–Crippen LogP) is 3.29. The molecule has 0 atom stereocenters. The predicted molar refractivity (Wildman–Crippen MR) is 78.8 cm³/mol. The topological polar surface area (TPSA) is 74.8 Å². The number of amides is 1. The summed E-state index contributed by atoms with van der Waals surface area (Å²) in [6, 6.07) is 9.83. The quantitative estimate of drug-likeness (QED) is 0.664. The van der Waals surface area contributed by atoms with Crippen molar-refractivity contribution in [2.45, 2.75) is 13.3 Å². The minimum absolute atomic E-state index is 0.182. The number of hydrazone groups is 1. The van der Waals surface area contributed by atoms with Crippen molar-refractivity contribution in [1.82, 2.24) is 5.43 Å². The second kappa shape index (κ2) is 6.38. The number of aromatic hydroxyl groups is 1. The average Bonchev–Trinajstić information content (AvgIpc) is 2.88. The third-order valence-electron chi connectivity index (χ3n) is 2.62. The van der Waals surface area contributed by atoms with Gasteiger partial charge in [-0.3, -0.25) is 4.79 Å². The number of nitrogens with one attached hydrogen (secondary N) is 1. The normalized spacial score (nSPS) is 11.4. The first-order chi connectivity index (χ1) is 9.60. The fraction of sp³-hybridized carbons (Fsp3) is 0.143. The molecule has 2 rings (SSSR count). The van der Waals surface area contributed by atoms with E-state index in [4.69, 9.17) is 4.42 Å². The second-order valence-corrected chi connectivity index (χ2v) is 4.79. The Labute approximate surface area is 124 Å². The standard InChI is InChI=1S/C14H13BrN2O3/c1-2-11(9-3-5-10(18)6-4-9)16-17-14(19)12-7-8-13(15)20-12/h3-8,18H,2H2,1H3,(H,17,19)/b16-11+. The zero-order valence-electron chi connectivity index (χ0n) is 10.8. The van der Waals surface area contributed by atoms with Gasteiger partial charge in [-0.2, -0.15) is 5.10 Å². The lowest BCUT2D eigenvalue weighted by molar-refractivity contribution is 0.0926. The lowest BCUT2D eigenvalue weighted by Crippen LogP contribution is -2.19. The minimum atomic E-state index is -0.416. The molecule has 2 aromatic rings. The second-order valence-electron chi connectivity index (χ2n) is 4.00. The molecule has 5 nitrogen and oxygen atoms in total. The molecule has 0 unspecified atom stereocenters. The maximum Gasteiger partial charge on any atom is 0.307 e. The van der Waals surface area contributed by atoms with Crippen molar-refractivity contribution in [1.29, 1.82) is 0 Å². The third-order valence-corrected chi connectivity index (χ3v) is 3.05. The Hall–Kier alpha value is -2.08. The Bertz CT molecular complexity index is 632. The van der Waals surface area contributed by atoms with Crippen LogP contribution < -0.4 is 5.43 Å². The molecule has 2 N–H and O–H groups in total. The molecular weight excluding hydrogens is 324 g/mol. The van der Waals surface area contributed by atoms with Crippen LogP contribution in [0.3, 0.4) is 0 Å². The number of carbonyl (C=O) groups excluding carboxylic acids is 1. The van der Waals surface area contributed by atoms with Crippen molar-refractivity contribution in [3.63, 3.8) is 0 Å². The Morgan fingerprint density at radius 3 is 2.55 bits per heavy atom. The van der Waals surface area contributed by atoms with Crippen LogP contribution in [-0.4, -0.2) is 16.7 Å². The Balaban J connectivity index is 2.11. The summed E-state index contributed by atoms with van der Waals surface area (Å²) < 4.78 is 5.62. The first-order valence-electron chi connectivity index (χ1n) is 6.01. The van der Waals surface area contributed by atoms with Gasteiger partial charge in [-0.25, -0.2) is 5.43 Å². The van der Waals surface area contributed by atoms with Crippen molar-refractivity contribution in [3.8, 4) is 5.75 Å². The van der Waals surface area contributed by atoms with Crippen LogP contribution in [-0.2, 0) is 0 Å². The van der Waals surface area contributed by atoms with Gasteiger partial charge < -0.3 is 9.52 Å². The summed E-state index contributed by atoms with van der Waals surface area (Å²) in [5.74, 6) is -0.0455. The molecule has 0 aliphatic rings. The van der Waals surface area contributed by atoms with Crippen LogP contribution in [0, 0.1) is 0 Å². The highest BCUT2D eigenvalue weighted by Gasteiger charge is 2.10. The molecule has 1 aromatic heterocycles. The molecule has 0 radical (unpaired) electrons. The molecule has 1 heterocycles. The maximum absolute atomic E-state index is 11.8. The molecule has 6 heteroatoms. The fourth-order valence-electron chi connectivity index (χ4n) is 1.61. The van der Waals surface area contributed by atoms with E-state index < -0.39 is 5.91 Å². The lowest BCUT2D eigenvalue weighted by Gasteiger charge is -2.04. The SMILES string of the molecule is CC/C(=N\NC(=O)c1ccc(Br)o1)c1ccc(O)cc1. The van der Waals surface area contributed by atoms with Crippen LogP contribution in [0.15, 0.2) is 50.6 Å². The molecule has 104 valence electrons. The number of phenolic OH excluding ortho intramolecular Hbond substituents is 1. The van der Waals surface area contributed by atoms with E-state index in [1.165, 1.54) is 0 Å². The molecule has 0 saturated heterocycles. The number of halogens is 1. The number of rotatable bonds is 4. The van der Waals surface area contributed by atoms with Gasteiger partial charge in [0.1, 0.15) is 5.75 Å². The van der Waals surface area contributed by atoms with Crippen LogP contribution in [0.5, 0.6) is 5.75 Å². The molecule has 1 amide bonds. The molecule has 0 fully saturated rings. The highest BCUT2D eigenvalue weighted by Crippen LogP contribution is 2.14. The molecule has 0 bridgehead atoms. The van der Waals surface area contributed by atoms with Gasteiger partial charge in [0.2, 0.25) is 0 Å². The van der Waals surface area contributed by atoms with E-state index in [2.05, 4.69) is 26.5 Å². The average molecular weight is 337 g/mol. The van der Waals surface area contributed by atoms with E-state index in [0.29, 0.717) is 16.8 Å². The van der Waals surface area contributed by atoms with E-state index in [-0.39, 0.29) is 11.5 Å². The molecule has 0 spiro atoms. The smallest absolute Gasteiger partial charge is 0.307 e. The molecule has 0 saturated carbocycles. The van der Waals surface area contributed by atoms with E-state index in [1.54, 1.807) is 36.4 Å². The van der Waals surface area contributed by atoms with E-state index in [1.807, 2.05) is 6.92 Å². The molecule has 1 aromatic carbocycles. The Kier molecular flexibility index (Phi) is 4.57. The number of carbonyl (C=O) groups is 1. The van der Waals surface area contributed by atoms with Gasteiger partial charge in [-0.05, 0) is 64.3 Å². The monoisotopic (exact) mass is 336 g/mol. The van der Waals surface area contributed by atoms with Crippen molar-refractivity contribution in [3.05, 3.63) is 52.4 Å². The molecule has 0 aliphatic heterocycles. The molecule has 0 aliphatic carbocycles. The number of phenols is 1. The van der Waals surface area contributed by atoms with Gasteiger partial charge in [0.15, 0.2) is 10.4 Å². The van der Waals surface area contributed by atoms with Gasteiger partial charge >= 0.3 is 5.91 Å². The highest BCUT2D eigenvalue weighted by atomic mass is 79.9.